The van der Waals surface area contributed by atoms with Crippen LogP contribution in [0.2, 0.25) is 0 Å². The van der Waals surface area contributed by atoms with Gasteiger partial charge >= 0.3 is 0 Å². The molecule has 0 fully saturated rings. The maximum Gasteiger partial charge on any atom is 0.191 e. The third-order valence-electron chi connectivity index (χ3n) is 3.84. The molecule has 0 bridgehead atoms. The lowest BCUT2D eigenvalue weighted by Gasteiger charge is -2.11. The van der Waals surface area contributed by atoms with Crippen molar-refractivity contribution in [3.8, 4) is 0 Å². The van der Waals surface area contributed by atoms with Gasteiger partial charge in [0.05, 0.1) is 6.21 Å². The minimum atomic E-state index is 0.480. The highest BCUT2D eigenvalue weighted by molar-refractivity contribution is 7.80. The summed E-state index contributed by atoms with van der Waals surface area (Å²) in [4.78, 5) is 0. The van der Waals surface area contributed by atoms with E-state index in [1.807, 2.05) is 12.1 Å². The van der Waals surface area contributed by atoms with Crippen molar-refractivity contribution in [2.45, 2.75) is 33.6 Å². The average Bonchev–Trinajstić information content (AvgIpc) is 2.52. The minimum Gasteiger partial charge on any atom is -0.331 e. The summed E-state index contributed by atoms with van der Waals surface area (Å²) >= 11 is 5.27. The molecule has 2 N–H and O–H groups in total. The predicted octanol–water partition coefficient (Wildman–Crippen LogP) is 4.75. The Labute approximate surface area is 143 Å². The normalized spacial score (nSPS) is 11.0. The van der Waals surface area contributed by atoms with Crippen molar-refractivity contribution in [3.63, 3.8) is 0 Å². The minimum absolute atomic E-state index is 0.480. The number of nitrogens with one attached hydrogen (secondary N) is 2. The number of anilines is 1. The molecule has 0 aliphatic heterocycles. The molecule has 2 aromatic carbocycles. The molecule has 0 amide bonds. The zero-order valence-corrected chi connectivity index (χ0v) is 14.9. The van der Waals surface area contributed by atoms with Crippen molar-refractivity contribution < 1.29 is 0 Å². The van der Waals surface area contributed by atoms with Crippen molar-refractivity contribution in [2.75, 3.05) is 5.32 Å². The molecular weight excluding hydrogens is 302 g/mol. The van der Waals surface area contributed by atoms with E-state index in [4.69, 9.17) is 12.2 Å². The quantitative estimate of drug-likeness (QED) is 0.484. The summed E-state index contributed by atoms with van der Waals surface area (Å²) < 4.78 is 0. The van der Waals surface area contributed by atoms with Crippen molar-refractivity contribution >= 4 is 29.2 Å². The van der Waals surface area contributed by atoms with Gasteiger partial charge in [-0.05, 0) is 60.3 Å². The number of nitrogens with zero attached hydrogens (tertiary/aromatic N) is 1. The van der Waals surface area contributed by atoms with Gasteiger partial charge in [0.1, 0.15) is 0 Å². The molecule has 2 rings (SSSR count). The number of benzene rings is 2. The van der Waals surface area contributed by atoms with E-state index in [2.05, 4.69) is 73.9 Å². The molecule has 2 aromatic rings. The van der Waals surface area contributed by atoms with Gasteiger partial charge in [-0.3, -0.25) is 5.43 Å². The zero-order valence-electron chi connectivity index (χ0n) is 14.1. The monoisotopic (exact) mass is 325 g/mol. The number of hydrogen-bond acceptors (Lipinski definition) is 2. The third kappa shape index (κ3) is 4.89. The predicted molar refractivity (Wildman–Crippen MR) is 103 cm³/mol. The Morgan fingerprint density at radius 2 is 1.78 bits per heavy atom. The van der Waals surface area contributed by atoms with Crippen molar-refractivity contribution in [3.05, 3.63) is 64.7 Å². The summed E-state index contributed by atoms with van der Waals surface area (Å²) in [5.41, 5.74) is 8.63. The molecule has 0 unspecified atom stereocenters. The lowest BCUT2D eigenvalue weighted by molar-refractivity contribution is 0.866. The molecule has 4 heteroatoms. The smallest absolute Gasteiger partial charge is 0.191 e. The number of thiocarbonyl (C=S) groups is 1. The molecule has 0 radical (unpaired) electrons. The summed E-state index contributed by atoms with van der Waals surface area (Å²) in [6.45, 7) is 8.51. The van der Waals surface area contributed by atoms with Crippen LogP contribution in [0.5, 0.6) is 0 Å². The Morgan fingerprint density at radius 3 is 2.43 bits per heavy atom. The van der Waals surface area contributed by atoms with Crippen molar-refractivity contribution in [1.82, 2.24) is 5.43 Å². The van der Waals surface area contributed by atoms with Gasteiger partial charge in [-0.25, -0.2) is 0 Å². The summed E-state index contributed by atoms with van der Waals surface area (Å²) in [5, 5.41) is 7.83. The zero-order chi connectivity index (χ0) is 16.8. The molecule has 3 nitrogen and oxygen atoms in total. The van der Waals surface area contributed by atoms with Gasteiger partial charge in [0.15, 0.2) is 5.11 Å². The number of rotatable bonds is 4. The molecule has 0 heterocycles. The Kier molecular flexibility index (Phi) is 5.88. The Hall–Kier alpha value is -2.20. The van der Waals surface area contributed by atoms with Gasteiger partial charge < -0.3 is 5.32 Å². The average molecular weight is 325 g/mol. The van der Waals surface area contributed by atoms with E-state index >= 15 is 0 Å². The highest BCUT2D eigenvalue weighted by atomic mass is 32.1. The largest absolute Gasteiger partial charge is 0.331 e. The second-order valence-electron chi connectivity index (χ2n) is 5.89. The second-order valence-corrected chi connectivity index (χ2v) is 6.30. The van der Waals surface area contributed by atoms with Crippen molar-refractivity contribution in [1.29, 1.82) is 0 Å². The molecule has 0 spiro atoms. The van der Waals surface area contributed by atoms with E-state index in [1.165, 1.54) is 16.7 Å². The van der Waals surface area contributed by atoms with Gasteiger partial charge in [0.25, 0.3) is 0 Å². The molecule has 0 saturated carbocycles. The lowest BCUT2D eigenvalue weighted by Crippen LogP contribution is -2.24. The van der Waals surface area contributed by atoms with Gasteiger partial charge in [-0.15, -0.1) is 0 Å². The van der Waals surface area contributed by atoms with Crippen LogP contribution in [0.3, 0.4) is 0 Å². The fourth-order valence-corrected chi connectivity index (χ4v) is 2.33. The maximum atomic E-state index is 5.27. The van der Waals surface area contributed by atoms with E-state index in [1.54, 1.807) is 6.21 Å². The van der Waals surface area contributed by atoms with E-state index in [-0.39, 0.29) is 0 Å². The topological polar surface area (TPSA) is 36.4 Å². The number of hydrogen-bond donors (Lipinski definition) is 2. The van der Waals surface area contributed by atoms with Gasteiger partial charge in [0, 0.05) is 5.69 Å². The van der Waals surface area contributed by atoms with Crippen LogP contribution in [0, 0.1) is 13.8 Å². The van der Waals surface area contributed by atoms with Crippen LogP contribution in [0.1, 0.15) is 42.0 Å². The number of aryl methyl sites for hydroxylation is 1. The fourth-order valence-electron chi connectivity index (χ4n) is 2.17. The molecular formula is C19H23N3S. The first-order valence-electron chi connectivity index (χ1n) is 7.73. The SMILES string of the molecule is Cc1cccc(NC(=S)N/N=C\c2ccc(C(C)C)cc2)c1C. The Morgan fingerprint density at radius 1 is 1.09 bits per heavy atom. The van der Waals surface area contributed by atoms with Crippen LogP contribution in [-0.2, 0) is 0 Å². The Balaban J connectivity index is 1.92. The molecule has 23 heavy (non-hydrogen) atoms. The molecule has 0 saturated heterocycles. The lowest BCUT2D eigenvalue weighted by atomic mass is 10.0. The standard InChI is InChI=1S/C19H23N3S/c1-13(2)17-10-8-16(9-11-17)12-20-22-19(23)21-18-7-5-6-14(3)15(18)4/h5-13H,1-4H3,(H2,21,22,23)/b20-12-. The van der Waals surface area contributed by atoms with E-state index < -0.39 is 0 Å². The summed E-state index contributed by atoms with van der Waals surface area (Å²) in [6, 6.07) is 14.5. The summed E-state index contributed by atoms with van der Waals surface area (Å²) in [6.07, 6.45) is 1.77. The molecule has 0 aliphatic carbocycles. The Bertz CT molecular complexity index is 703. The van der Waals surface area contributed by atoms with Crippen molar-refractivity contribution in [2.24, 2.45) is 5.10 Å². The maximum absolute atomic E-state index is 5.27. The summed E-state index contributed by atoms with van der Waals surface area (Å²) in [5.74, 6) is 0.536. The first kappa shape index (κ1) is 17.2. The van der Waals surface area contributed by atoms with Crippen LogP contribution in [0.15, 0.2) is 47.6 Å². The van der Waals surface area contributed by atoms with Crippen LogP contribution in [0.25, 0.3) is 0 Å². The molecule has 0 atom stereocenters. The van der Waals surface area contributed by atoms with Crippen LogP contribution >= 0.6 is 12.2 Å². The third-order valence-corrected chi connectivity index (χ3v) is 4.03. The number of hydrazone groups is 1. The fraction of sp³-hybridized carbons (Fsp3) is 0.263. The van der Waals surface area contributed by atoms with Crippen LogP contribution in [0.4, 0.5) is 5.69 Å². The first-order chi connectivity index (χ1) is 11.0. The highest BCUT2D eigenvalue weighted by Gasteiger charge is 2.02. The highest BCUT2D eigenvalue weighted by Crippen LogP contribution is 2.17. The van der Waals surface area contributed by atoms with E-state index in [0.717, 1.165) is 11.3 Å². The van der Waals surface area contributed by atoms with Gasteiger partial charge in [-0.2, -0.15) is 5.10 Å². The van der Waals surface area contributed by atoms with E-state index in [0.29, 0.717) is 11.0 Å². The molecule has 0 aliphatic rings. The van der Waals surface area contributed by atoms with Crippen LogP contribution < -0.4 is 10.7 Å². The van der Waals surface area contributed by atoms with E-state index in [9.17, 15) is 0 Å². The molecule has 120 valence electrons. The second kappa shape index (κ2) is 7.88. The van der Waals surface area contributed by atoms with Gasteiger partial charge in [-0.1, -0.05) is 50.2 Å². The summed E-state index contributed by atoms with van der Waals surface area (Å²) in [7, 11) is 0. The molecule has 0 aromatic heterocycles. The van der Waals surface area contributed by atoms with Gasteiger partial charge in [0.2, 0.25) is 0 Å². The van der Waals surface area contributed by atoms with Crippen LogP contribution in [-0.4, -0.2) is 11.3 Å². The first-order valence-corrected chi connectivity index (χ1v) is 8.14.